The lowest BCUT2D eigenvalue weighted by Gasteiger charge is -2.18. The van der Waals surface area contributed by atoms with Gasteiger partial charge in [0.05, 0.1) is 6.10 Å². The van der Waals surface area contributed by atoms with Gasteiger partial charge in [-0.2, -0.15) is 0 Å². The molecule has 0 saturated heterocycles. The Morgan fingerprint density at radius 2 is 0.545 bits per heavy atom. The standard InChI is InChI=1S/C59H102O13.C18H34O3.C3H6O3/c1-7-10-13-31-40-52(43-34-25-18-15-21-27-36-45-54(61)62)71-58(66)49(5)68-56(64)47-38-29-23-17-20-26-35-44-53(41-32-14-11-8-2)72-59(67)50(6)69-55(63)46-37-28-22-16-19-24-33-42-51(39-30-12-9-3)70-57(65)48(4)60;1-2-3-4-8-11-14-17(19)15-12-9-6-5-7-10-13-16-18(20)21;1-2(4)3(5)6/h33-35,42-44,48-53,60H,7-32,36-41,45-47H2,1-6H3,(H,61,62);12,15,17,19H,2-11,13-14,16H2,1H3,(H,20,21);2,4H,1H3,(H,5,6)/b42-33-,43-34-,44-35-;15-12-;. The van der Waals surface area contributed by atoms with E-state index in [-0.39, 0.29) is 43.7 Å². The SMILES string of the molecule is CC(O)C(=O)O.CCCCCCC(/C=C\CCCCCCCC(=O)O)OC(=O)C(C)OC(=O)CCCCCCC/C=C\C(CCCCCC)OC(=O)C(C)OC(=O)CCCCCCC/C=C\C(CCCCC)OC(=O)C(C)O.CCCCCCCC(O)/C=C\CCCCCCCC(=O)O. The van der Waals surface area contributed by atoms with Gasteiger partial charge in [0.2, 0.25) is 0 Å². The molecule has 0 heterocycles. The summed E-state index contributed by atoms with van der Waals surface area (Å²) < 4.78 is 27.9. The molecule has 0 aliphatic heterocycles. The summed E-state index contributed by atoms with van der Waals surface area (Å²) >= 11 is 0. The van der Waals surface area contributed by atoms with E-state index in [4.69, 9.17) is 44.1 Å². The van der Waals surface area contributed by atoms with Crippen molar-refractivity contribution in [2.45, 2.75) is 412 Å². The van der Waals surface area contributed by atoms with Crippen molar-refractivity contribution in [3.05, 3.63) is 48.6 Å². The molecular formula is C80H142O19. The first-order chi connectivity index (χ1) is 47.5. The highest BCUT2D eigenvalue weighted by Crippen LogP contribution is 2.19. The van der Waals surface area contributed by atoms with Crippen molar-refractivity contribution in [1.82, 2.24) is 0 Å². The number of aliphatic carboxylic acids is 3. The van der Waals surface area contributed by atoms with Crippen LogP contribution in [0.5, 0.6) is 0 Å². The van der Waals surface area contributed by atoms with Gasteiger partial charge in [-0.1, -0.05) is 219 Å². The van der Waals surface area contributed by atoms with Crippen LogP contribution in [0.15, 0.2) is 48.6 Å². The quantitative estimate of drug-likeness (QED) is 0.0143. The Morgan fingerprint density at radius 1 is 0.293 bits per heavy atom. The van der Waals surface area contributed by atoms with Crippen LogP contribution in [0.4, 0.5) is 0 Å². The molecule has 0 aliphatic carbocycles. The van der Waals surface area contributed by atoms with Gasteiger partial charge in [0.15, 0.2) is 12.2 Å². The largest absolute Gasteiger partial charge is 0.481 e. The van der Waals surface area contributed by atoms with Crippen LogP contribution in [0.2, 0.25) is 0 Å². The van der Waals surface area contributed by atoms with Gasteiger partial charge in [-0.05, 0) is 168 Å². The number of carbonyl (C=O) groups is 8. The van der Waals surface area contributed by atoms with E-state index in [1.54, 1.807) is 13.8 Å². The number of aliphatic hydroxyl groups excluding tert-OH is 3. The molecule has 0 amide bonds. The third kappa shape index (κ3) is 72.2. The van der Waals surface area contributed by atoms with Crippen LogP contribution >= 0.6 is 0 Å². The van der Waals surface area contributed by atoms with Crippen molar-refractivity contribution >= 4 is 47.8 Å². The van der Waals surface area contributed by atoms with Crippen LogP contribution < -0.4 is 0 Å². The van der Waals surface area contributed by atoms with Gasteiger partial charge >= 0.3 is 47.8 Å². The molecule has 0 aliphatic rings. The Hall–Kier alpha value is -5.40. The summed E-state index contributed by atoms with van der Waals surface area (Å²) in [6.07, 6.45) is 54.6. The zero-order chi connectivity index (χ0) is 74.4. The normalized spacial score (nSPS) is 13.9. The van der Waals surface area contributed by atoms with Gasteiger partial charge in [0.1, 0.15) is 30.5 Å². The second-order valence-corrected chi connectivity index (χ2v) is 26.6. The van der Waals surface area contributed by atoms with E-state index in [1.165, 1.54) is 39.5 Å². The third-order valence-corrected chi connectivity index (χ3v) is 16.6. The Labute approximate surface area is 598 Å². The summed E-state index contributed by atoms with van der Waals surface area (Å²) in [5.74, 6) is -5.11. The smallest absolute Gasteiger partial charge is 0.347 e. The van der Waals surface area contributed by atoms with Crippen LogP contribution in [0.3, 0.4) is 0 Å². The van der Waals surface area contributed by atoms with E-state index >= 15 is 0 Å². The van der Waals surface area contributed by atoms with Crippen molar-refractivity contribution in [3.63, 3.8) is 0 Å². The molecule has 0 aromatic carbocycles. The number of carboxylic acids is 3. The van der Waals surface area contributed by atoms with Gasteiger partial charge in [0.25, 0.3) is 0 Å². The molecule has 0 radical (unpaired) electrons. The number of carbonyl (C=O) groups excluding carboxylic acids is 5. The van der Waals surface area contributed by atoms with Gasteiger partial charge in [-0.3, -0.25) is 19.2 Å². The molecule has 0 saturated carbocycles. The molecular weight excluding hydrogens is 1260 g/mol. The highest BCUT2D eigenvalue weighted by Gasteiger charge is 2.24. The Balaban J connectivity index is -0.00000282. The summed E-state index contributed by atoms with van der Waals surface area (Å²) in [5, 5.41) is 52.4. The fourth-order valence-electron chi connectivity index (χ4n) is 10.4. The number of ether oxygens (including phenoxy) is 5. The second-order valence-electron chi connectivity index (χ2n) is 26.6. The van der Waals surface area contributed by atoms with Crippen LogP contribution in [-0.4, -0.2) is 127 Å². The average Bonchev–Trinajstić information content (AvgIpc) is 1.30. The predicted molar refractivity (Wildman–Crippen MR) is 394 cm³/mol. The van der Waals surface area contributed by atoms with Crippen LogP contribution in [-0.2, 0) is 62.0 Å². The molecule has 0 aromatic heterocycles. The zero-order valence-corrected chi connectivity index (χ0v) is 63.2. The van der Waals surface area contributed by atoms with Gasteiger partial charge in [-0.15, -0.1) is 0 Å². The molecule has 6 N–H and O–H groups in total. The highest BCUT2D eigenvalue weighted by atomic mass is 16.6. The minimum Gasteiger partial charge on any atom is -0.481 e. The van der Waals surface area contributed by atoms with Gasteiger partial charge in [0, 0.05) is 25.7 Å². The summed E-state index contributed by atoms with van der Waals surface area (Å²) in [6.45, 7) is 14.4. The molecule has 19 nitrogen and oxygen atoms in total. The Morgan fingerprint density at radius 3 is 0.869 bits per heavy atom. The molecule has 0 spiro atoms. The fraction of sp³-hybridized carbons (Fsp3) is 0.800. The molecule has 0 fully saturated rings. The van der Waals surface area contributed by atoms with Crippen LogP contribution in [0.1, 0.15) is 364 Å². The number of allylic oxidation sites excluding steroid dienone is 4. The molecule has 99 heavy (non-hydrogen) atoms. The number of rotatable bonds is 65. The van der Waals surface area contributed by atoms with Crippen LogP contribution in [0, 0.1) is 0 Å². The van der Waals surface area contributed by atoms with E-state index in [9.17, 15) is 48.6 Å². The number of hydrogen-bond donors (Lipinski definition) is 6. The molecule has 0 aromatic rings. The first-order valence-electron chi connectivity index (χ1n) is 38.9. The number of carboxylic acid groups (broad SMARTS) is 3. The van der Waals surface area contributed by atoms with Crippen molar-refractivity contribution < 1.29 is 92.7 Å². The fourth-order valence-corrected chi connectivity index (χ4v) is 10.4. The maximum Gasteiger partial charge on any atom is 0.347 e. The van der Waals surface area contributed by atoms with E-state index in [0.717, 1.165) is 231 Å². The number of esters is 5. The second kappa shape index (κ2) is 72.4. The minimum atomic E-state index is -1.23. The maximum atomic E-state index is 13.0. The molecule has 576 valence electrons. The minimum absolute atomic E-state index is 0.220. The van der Waals surface area contributed by atoms with E-state index < -0.39 is 72.2 Å². The Kier molecular flexibility index (Phi) is 71.5. The first kappa shape index (κ1) is 97.8. The van der Waals surface area contributed by atoms with E-state index in [1.807, 2.05) is 30.4 Å². The third-order valence-electron chi connectivity index (χ3n) is 16.6. The highest BCUT2D eigenvalue weighted by molar-refractivity contribution is 5.80. The molecule has 8 atom stereocenters. The lowest BCUT2D eigenvalue weighted by atomic mass is 10.1. The van der Waals surface area contributed by atoms with E-state index in [0.29, 0.717) is 32.1 Å². The van der Waals surface area contributed by atoms with Gasteiger partial charge < -0.3 is 54.3 Å². The van der Waals surface area contributed by atoms with Crippen molar-refractivity contribution in [3.8, 4) is 0 Å². The summed E-state index contributed by atoms with van der Waals surface area (Å²) in [7, 11) is 0. The van der Waals surface area contributed by atoms with E-state index in [2.05, 4.69) is 45.9 Å². The van der Waals surface area contributed by atoms with Gasteiger partial charge in [-0.25, -0.2) is 19.2 Å². The Bertz CT molecular complexity index is 2100. The lowest BCUT2D eigenvalue weighted by Crippen LogP contribution is -2.29. The topological polar surface area (TPSA) is 304 Å². The van der Waals surface area contributed by atoms with Crippen molar-refractivity contribution in [2.75, 3.05) is 0 Å². The summed E-state index contributed by atoms with van der Waals surface area (Å²) in [5.41, 5.74) is 0. The molecule has 8 unspecified atom stereocenters. The number of unbranched alkanes of at least 4 members (excludes halogenated alkanes) is 32. The van der Waals surface area contributed by atoms with Crippen molar-refractivity contribution in [1.29, 1.82) is 0 Å². The first-order valence-corrected chi connectivity index (χ1v) is 38.9. The predicted octanol–water partition coefficient (Wildman–Crippen LogP) is 19.0. The maximum absolute atomic E-state index is 13.0. The molecule has 19 heteroatoms. The van der Waals surface area contributed by atoms with Crippen LogP contribution in [0.25, 0.3) is 0 Å². The number of aliphatic hydroxyl groups is 3. The number of hydrogen-bond acceptors (Lipinski definition) is 16. The van der Waals surface area contributed by atoms with Crippen molar-refractivity contribution in [2.24, 2.45) is 0 Å². The summed E-state index contributed by atoms with van der Waals surface area (Å²) in [4.78, 5) is 93.4. The summed E-state index contributed by atoms with van der Waals surface area (Å²) in [6, 6.07) is 0. The molecule has 0 bridgehead atoms. The monoisotopic (exact) mass is 1410 g/mol. The lowest BCUT2D eigenvalue weighted by molar-refractivity contribution is -0.169. The molecule has 0 rings (SSSR count). The average molecular weight is 1410 g/mol. The zero-order valence-electron chi connectivity index (χ0n) is 63.2.